The molecule has 0 bridgehead atoms. The molecule has 1 aromatic heterocycles. The quantitative estimate of drug-likeness (QED) is 0.842. The number of hydrogen-bond acceptors (Lipinski definition) is 3. The molecule has 1 unspecified atom stereocenters. The van der Waals surface area contributed by atoms with Crippen LogP contribution in [-0.4, -0.2) is 17.4 Å². The van der Waals surface area contributed by atoms with Gasteiger partial charge in [-0.3, -0.25) is 4.79 Å². The van der Waals surface area contributed by atoms with Gasteiger partial charge in [0.15, 0.2) is 0 Å². The Morgan fingerprint density at radius 1 is 1.21 bits per heavy atom. The molecule has 0 saturated heterocycles. The molecule has 0 aliphatic heterocycles. The molecule has 2 aromatic rings. The Labute approximate surface area is 116 Å². The minimum atomic E-state index is -0.401. The molecular weight excluding hydrogens is 262 g/mol. The zero-order valence-corrected chi connectivity index (χ0v) is 11.0. The first-order valence-corrected chi connectivity index (χ1v) is 6.27. The first-order chi connectivity index (χ1) is 9.20. The maximum Gasteiger partial charge on any atom is 0.234 e. The predicted octanol–water partition coefficient (Wildman–Crippen LogP) is 2.42. The molecule has 98 valence electrons. The van der Waals surface area contributed by atoms with Crippen molar-refractivity contribution in [1.82, 2.24) is 4.98 Å². The van der Waals surface area contributed by atoms with Gasteiger partial charge < -0.3 is 11.1 Å². The second-order valence-electron chi connectivity index (χ2n) is 4.03. The highest BCUT2D eigenvalue weighted by Gasteiger charge is 2.19. The number of anilines is 1. The van der Waals surface area contributed by atoms with E-state index in [-0.39, 0.29) is 12.5 Å². The summed E-state index contributed by atoms with van der Waals surface area (Å²) in [7, 11) is 0. The van der Waals surface area contributed by atoms with Crippen LogP contribution in [0.15, 0.2) is 48.5 Å². The van der Waals surface area contributed by atoms with E-state index in [1.807, 2.05) is 30.3 Å². The minimum Gasteiger partial charge on any atom is -0.329 e. The third kappa shape index (κ3) is 3.53. The van der Waals surface area contributed by atoms with E-state index in [1.165, 1.54) is 0 Å². The van der Waals surface area contributed by atoms with Crippen molar-refractivity contribution in [3.63, 3.8) is 0 Å². The number of hydrogen-bond donors (Lipinski definition) is 2. The van der Waals surface area contributed by atoms with Gasteiger partial charge in [-0.05, 0) is 17.7 Å². The molecule has 4 nitrogen and oxygen atoms in total. The third-order valence-corrected chi connectivity index (χ3v) is 2.93. The van der Waals surface area contributed by atoms with Crippen molar-refractivity contribution in [2.45, 2.75) is 5.92 Å². The molecule has 5 heteroatoms. The summed E-state index contributed by atoms with van der Waals surface area (Å²) in [6.45, 7) is 0.233. The lowest BCUT2D eigenvalue weighted by atomic mass is 9.98. The smallest absolute Gasteiger partial charge is 0.234 e. The number of carbonyl (C=O) groups is 1. The average Bonchev–Trinajstić information content (AvgIpc) is 2.41. The van der Waals surface area contributed by atoms with Crippen molar-refractivity contribution in [1.29, 1.82) is 0 Å². The molecule has 2 rings (SSSR count). The molecule has 0 spiro atoms. The number of carbonyl (C=O) groups excluding carboxylic acids is 1. The summed E-state index contributed by atoms with van der Waals surface area (Å²) in [4.78, 5) is 16.2. The fraction of sp³-hybridized carbons (Fsp3) is 0.143. The van der Waals surface area contributed by atoms with Crippen LogP contribution < -0.4 is 11.1 Å². The first-order valence-electron chi connectivity index (χ1n) is 5.89. The summed E-state index contributed by atoms with van der Waals surface area (Å²) in [6, 6.07) is 14.5. The lowest BCUT2D eigenvalue weighted by molar-refractivity contribution is -0.117. The normalized spacial score (nSPS) is 11.9. The number of pyridine rings is 1. The van der Waals surface area contributed by atoms with Crippen LogP contribution in [0.3, 0.4) is 0 Å². The Morgan fingerprint density at radius 3 is 2.58 bits per heavy atom. The summed E-state index contributed by atoms with van der Waals surface area (Å²) in [6.07, 6.45) is 0. The van der Waals surface area contributed by atoms with E-state index < -0.39 is 5.92 Å². The van der Waals surface area contributed by atoms with Crippen molar-refractivity contribution >= 4 is 23.3 Å². The zero-order valence-electron chi connectivity index (χ0n) is 10.2. The first kappa shape index (κ1) is 13.5. The van der Waals surface area contributed by atoms with Gasteiger partial charge in [-0.1, -0.05) is 48.0 Å². The molecule has 0 fully saturated rings. The topological polar surface area (TPSA) is 68.0 Å². The second kappa shape index (κ2) is 6.31. The summed E-state index contributed by atoms with van der Waals surface area (Å²) in [5.74, 6) is -0.169. The molecular formula is C14H14ClN3O. The van der Waals surface area contributed by atoms with Gasteiger partial charge >= 0.3 is 0 Å². The van der Waals surface area contributed by atoms with E-state index in [2.05, 4.69) is 10.3 Å². The molecule has 0 aliphatic carbocycles. The van der Waals surface area contributed by atoms with Crippen LogP contribution in [-0.2, 0) is 4.79 Å². The Hall–Kier alpha value is -1.91. The van der Waals surface area contributed by atoms with Crippen molar-refractivity contribution < 1.29 is 4.79 Å². The van der Waals surface area contributed by atoms with Crippen LogP contribution in [0.25, 0.3) is 0 Å². The SMILES string of the molecule is NCC(C(=O)Nc1cccc(Cl)n1)c1ccccc1. The number of benzene rings is 1. The van der Waals surface area contributed by atoms with E-state index in [0.29, 0.717) is 11.0 Å². The molecule has 1 atom stereocenters. The fourth-order valence-corrected chi connectivity index (χ4v) is 1.93. The number of rotatable bonds is 4. The lowest BCUT2D eigenvalue weighted by Gasteiger charge is -2.14. The van der Waals surface area contributed by atoms with Crippen LogP contribution in [0.2, 0.25) is 5.15 Å². The van der Waals surface area contributed by atoms with Crippen molar-refractivity contribution in [2.75, 3.05) is 11.9 Å². The van der Waals surface area contributed by atoms with E-state index in [1.54, 1.807) is 18.2 Å². The summed E-state index contributed by atoms with van der Waals surface area (Å²) < 4.78 is 0. The fourth-order valence-electron chi connectivity index (χ4n) is 1.77. The highest BCUT2D eigenvalue weighted by molar-refractivity contribution is 6.29. The van der Waals surface area contributed by atoms with Crippen molar-refractivity contribution in [3.8, 4) is 0 Å². The van der Waals surface area contributed by atoms with Gasteiger partial charge in [-0.2, -0.15) is 0 Å². The maximum absolute atomic E-state index is 12.2. The second-order valence-corrected chi connectivity index (χ2v) is 4.42. The number of nitrogens with two attached hydrogens (primary N) is 1. The Bertz CT molecular complexity index is 560. The predicted molar refractivity (Wildman–Crippen MR) is 76.1 cm³/mol. The van der Waals surface area contributed by atoms with Gasteiger partial charge in [0.2, 0.25) is 5.91 Å². The van der Waals surface area contributed by atoms with E-state index in [4.69, 9.17) is 17.3 Å². The lowest BCUT2D eigenvalue weighted by Crippen LogP contribution is -2.27. The van der Waals surface area contributed by atoms with E-state index in [0.717, 1.165) is 5.56 Å². The van der Waals surface area contributed by atoms with Crippen molar-refractivity contribution in [2.24, 2.45) is 5.73 Å². The number of amides is 1. The maximum atomic E-state index is 12.2. The zero-order chi connectivity index (χ0) is 13.7. The van der Waals surface area contributed by atoms with Gasteiger partial charge in [-0.15, -0.1) is 0 Å². The summed E-state index contributed by atoms with van der Waals surface area (Å²) in [5, 5.41) is 3.05. The highest BCUT2D eigenvalue weighted by atomic mass is 35.5. The van der Waals surface area contributed by atoms with Gasteiger partial charge in [0.25, 0.3) is 0 Å². The van der Waals surface area contributed by atoms with Crippen LogP contribution in [0.5, 0.6) is 0 Å². The van der Waals surface area contributed by atoms with Crippen molar-refractivity contribution in [3.05, 3.63) is 59.2 Å². The number of nitrogens with one attached hydrogen (secondary N) is 1. The number of aromatic nitrogens is 1. The molecule has 1 aromatic carbocycles. The van der Waals surface area contributed by atoms with E-state index in [9.17, 15) is 4.79 Å². The molecule has 19 heavy (non-hydrogen) atoms. The van der Waals surface area contributed by atoms with Gasteiger partial charge in [-0.25, -0.2) is 4.98 Å². The molecule has 1 amide bonds. The van der Waals surface area contributed by atoms with Gasteiger partial charge in [0.1, 0.15) is 11.0 Å². The Balaban J connectivity index is 2.14. The van der Waals surface area contributed by atoms with Crippen LogP contribution in [0, 0.1) is 0 Å². The number of nitrogens with zero attached hydrogens (tertiary/aromatic N) is 1. The third-order valence-electron chi connectivity index (χ3n) is 2.72. The Morgan fingerprint density at radius 2 is 1.95 bits per heavy atom. The molecule has 1 heterocycles. The van der Waals surface area contributed by atoms with E-state index >= 15 is 0 Å². The molecule has 0 saturated carbocycles. The molecule has 3 N–H and O–H groups in total. The molecule has 0 aliphatic rings. The monoisotopic (exact) mass is 275 g/mol. The van der Waals surface area contributed by atoms with Crippen LogP contribution >= 0.6 is 11.6 Å². The van der Waals surface area contributed by atoms with Gasteiger partial charge in [0.05, 0.1) is 5.92 Å². The standard InChI is InChI=1S/C14H14ClN3O/c15-12-7-4-8-13(17-12)18-14(19)11(9-16)10-5-2-1-3-6-10/h1-8,11H,9,16H2,(H,17,18,19). The molecule has 0 radical (unpaired) electrons. The minimum absolute atomic E-state index is 0.191. The van der Waals surface area contributed by atoms with Crippen LogP contribution in [0.4, 0.5) is 5.82 Å². The highest BCUT2D eigenvalue weighted by Crippen LogP contribution is 2.17. The largest absolute Gasteiger partial charge is 0.329 e. The summed E-state index contributed by atoms with van der Waals surface area (Å²) in [5.41, 5.74) is 6.56. The average molecular weight is 276 g/mol. The van der Waals surface area contributed by atoms with Gasteiger partial charge in [0, 0.05) is 6.54 Å². The van der Waals surface area contributed by atoms with Crippen LogP contribution in [0.1, 0.15) is 11.5 Å². The Kier molecular flexibility index (Phi) is 4.49. The number of halogens is 1. The summed E-state index contributed by atoms with van der Waals surface area (Å²) >= 11 is 5.77.